The lowest BCUT2D eigenvalue weighted by Crippen LogP contribution is -2.30. The Balaban J connectivity index is 2.11. The van der Waals surface area contributed by atoms with E-state index in [0.717, 1.165) is 25.7 Å². The van der Waals surface area contributed by atoms with Gasteiger partial charge in [0.05, 0.1) is 0 Å². The zero-order chi connectivity index (χ0) is 13.8. The van der Waals surface area contributed by atoms with Gasteiger partial charge in [0.2, 0.25) is 0 Å². The third kappa shape index (κ3) is 3.34. The molecule has 0 amide bonds. The van der Waals surface area contributed by atoms with Crippen molar-refractivity contribution in [3.05, 3.63) is 29.6 Å². The Hall–Kier alpha value is -1.38. The zero-order valence-electron chi connectivity index (χ0n) is 11.6. The predicted molar refractivity (Wildman–Crippen MR) is 73.1 cm³/mol. The summed E-state index contributed by atoms with van der Waals surface area (Å²) in [6.45, 7) is 3.59. The molecule has 2 atom stereocenters. The molecule has 0 aromatic heterocycles. The van der Waals surface area contributed by atoms with E-state index >= 15 is 0 Å². The summed E-state index contributed by atoms with van der Waals surface area (Å²) in [4.78, 5) is 11.2. The van der Waals surface area contributed by atoms with Crippen LogP contribution in [0.5, 0.6) is 5.75 Å². The molecule has 104 valence electrons. The second-order valence-corrected chi connectivity index (χ2v) is 5.31. The molecule has 2 rings (SSSR count). The molecule has 19 heavy (non-hydrogen) atoms. The molecule has 0 heterocycles. The minimum atomic E-state index is -0.437. The fourth-order valence-corrected chi connectivity index (χ4v) is 2.77. The Labute approximate surface area is 114 Å². The van der Waals surface area contributed by atoms with Gasteiger partial charge in [0, 0.05) is 5.56 Å². The van der Waals surface area contributed by atoms with E-state index in [0.29, 0.717) is 11.5 Å². The van der Waals surface area contributed by atoms with Crippen molar-refractivity contribution in [3.8, 4) is 5.75 Å². The van der Waals surface area contributed by atoms with Gasteiger partial charge in [0.1, 0.15) is 6.10 Å². The number of ketones is 1. The molecule has 1 fully saturated rings. The molecule has 0 aliphatic heterocycles. The van der Waals surface area contributed by atoms with E-state index in [9.17, 15) is 9.18 Å². The van der Waals surface area contributed by atoms with Gasteiger partial charge in [-0.2, -0.15) is 0 Å². The average Bonchev–Trinajstić information content (AvgIpc) is 2.41. The number of ether oxygens (including phenoxy) is 1. The predicted octanol–water partition coefficient (Wildman–Crippen LogP) is 4.38. The SMILES string of the molecule is CCC1CCCCC1Oc1ccc(C(C)=O)cc1F. The molecule has 2 nitrogen and oxygen atoms in total. The van der Waals surface area contributed by atoms with Gasteiger partial charge in [-0.25, -0.2) is 4.39 Å². The molecule has 1 aliphatic rings. The van der Waals surface area contributed by atoms with Crippen molar-refractivity contribution in [3.63, 3.8) is 0 Å². The van der Waals surface area contributed by atoms with Crippen LogP contribution >= 0.6 is 0 Å². The number of hydrogen-bond donors (Lipinski definition) is 0. The van der Waals surface area contributed by atoms with Gasteiger partial charge in [-0.15, -0.1) is 0 Å². The maximum atomic E-state index is 13.9. The quantitative estimate of drug-likeness (QED) is 0.754. The molecule has 3 heteroatoms. The minimum Gasteiger partial charge on any atom is -0.487 e. The van der Waals surface area contributed by atoms with Gasteiger partial charge in [-0.3, -0.25) is 4.79 Å². The fourth-order valence-electron chi connectivity index (χ4n) is 2.77. The van der Waals surface area contributed by atoms with Crippen LogP contribution in [0.25, 0.3) is 0 Å². The topological polar surface area (TPSA) is 26.3 Å². The van der Waals surface area contributed by atoms with Crippen LogP contribution in [0.4, 0.5) is 4.39 Å². The molecule has 0 bridgehead atoms. The van der Waals surface area contributed by atoms with Crippen LogP contribution in [-0.2, 0) is 0 Å². The van der Waals surface area contributed by atoms with E-state index in [1.54, 1.807) is 12.1 Å². The Morgan fingerprint density at radius 3 is 2.74 bits per heavy atom. The second kappa shape index (κ2) is 6.18. The summed E-state index contributed by atoms with van der Waals surface area (Å²) in [5.74, 6) is 0.221. The number of benzene rings is 1. The minimum absolute atomic E-state index is 0.108. The summed E-state index contributed by atoms with van der Waals surface area (Å²) in [6.07, 6.45) is 5.72. The van der Waals surface area contributed by atoms with Crippen molar-refractivity contribution in [2.24, 2.45) is 5.92 Å². The number of carbonyl (C=O) groups excluding carboxylic acids is 1. The van der Waals surface area contributed by atoms with Crippen LogP contribution in [0.3, 0.4) is 0 Å². The van der Waals surface area contributed by atoms with Gasteiger partial charge in [0.25, 0.3) is 0 Å². The van der Waals surface area contributed by atoms with Crippen LogP contribution in [0.1, 0.15) is 56.3 Å². The number of Topliss-reactive ketones (excluding diaryl/α,β-unsaturated/α-hetero) is 1. The maximum Gasteiger partial charge on any atom is 0.165 e. The first-order chi connectivity index (χ1) is 9.11. The smallest absolute Gasteiger partial charge is 0.165 e. The van der Waals surface area contributed by atoms with Gasteiger partial charge < -0.3 is 4.74 Å². The van der Waals surface area contributed by atoms with Gasteiger partial charge >= 0.3 is 0 Å². The Kier molecular flexibility index (Phi) is 4.56. The van der Waals surface area contributed by atoms with E-state index in [2.05, 4.69) is 6.92 Å². The molecule has 2 unspecified atom stereocenters. The van der Waals surface area contributed by atoms with E-state index < -0.39 is 5.82 Å². The molecular weight excluding hydrogens is 243 g/mol. The molecular formula is C16H21FO2. The summed E-state index contributed by atoms with van der Waals surface area (Å²) in [7, 11) is 0. The molecule has 0 spiro atoms. The highest BCUT2D eigenvalue weighted by atomic mass is 19.1. The van der Waals surface area contributed by atoms with Crippen molar-refractivity contribution in [1.82, 2.24) is 0 Å². The highest BCUT2D eigenvalue weighted by Gasteiger charge is 2.26. The Bertz CT molecular complexity index is 456. The summed E-state index contributed by atoms with van der Waals surface area (Å²) < 4.78 is 19.8. The number of halogens is 1. The van der Waals surface area contributed by atoms with Crippen molar-refractivity contribution in [2.45, 2.75) is 52.1 Å². The van der Waals surface area contributed by atoms with Crippen LogP contribution in [0.15, 0.2) is 18.2 Å². The van der Waals surface area contributed by atoms with Crippen molar-refractivity contribution >= 4 is 5.78 Å². The molecule has 1 aromatic carbocycles. The number of carbonyl (C=O) groups is 1. The monoisotopic (exact) mass is 264 g/mol. The largest absolute Gasteiger partial charge is 0.487 e. The van der Waals surface area contributed by atoms with E-state index in [1.807, 2.05) is 0 Å². The maximum absolute atomic E-state index is 13.9. The summed E-state index contributed by atoms with van der Waals surface area (Å²) >= 11 is 0. The normalized spacial score (nSPS) is 23.1. The molecule has 1 aliphatic carbocycles. The first-order valence-electron chi connectivity index (χ1n) is 7.09. The number of rotatable bonds is 4. The van der Waals surface area contributed by atoms with Crippen LogP contribution in [0.2, 0.25) is 0 Å². The van der Waals surface area contributed by atoms with Gasteiger partial charge in [0.15, 0.2) is 17.3 Å². The summed E-state index contributed by atoms with van der Waals surface area (Å²) in [5.41, 5.74) is 0.389. The third-order valence-electron chi connectivity index (χ3n) is 3.98. The van der Waals surface area contributed by atoms with Gasteiger partial charge in [-0.1, -0.05) is 13.3 Å². The molecule has 0 N–H and O–H groups in total. The zero-order valence-corrected chi connectivity index (χ0v) is 11.6. The van der Waals surface area contributed by atoms with Crippen molar-refractivity contribution in [2.75, 3.05) is 0 Å². The van der Waals surface area contributed by atoms with E-state index in [1.165, 1.54) is 19.4 Å². The lowest BCUT2D eigenvalue weighted by molar-refractivity contribution is 0.0862. The molecule has 0 saturated heterocycles. The fraction of sp³-hybridized carbons (Fsp3) is 0.562. The van der Waals surface area contributed by atoms with Crippen molar-refractivity contribution < 1.29 is 13.9 Å². The molecule has 1 aromatic rings. The summed E-state index contributed by atoms with van der Waals surface area (Å²) in [6, 6.07) is 4.47. The third-order valence-corrected chi connectivity index (χ3v) is 3.98. The average molecular weight is 264 g/mol. The lowest BCUT2D eigenvalue weighted by Gasteiger charge is -2.31. The Morgan fingerprint density at radius 1 is 1.37 bits per heavy atom. The molecule has 0 radical (unpaired) electrons. The number of hydrogen-bond acceptors (Lipinski definition) is 2. The Morgan fingerprint density at radius 2 is 2.11 bits per heavy atom. The summed E-state index contributed by atoms with van der Waals surface area (Å²) in [5, 5.41) is 0. The molecule has 1 saturated carbocycles. The van der Waals surface area contributed by atoms with Crippen LogP contribution < -0.4 is 4.74 Å². The standard InChI is InChI=1S/C16H21FO2/c1-3-12-6-4-5-7-15(12)19-16-9-8-13(11(2)18)10-14(16)17/h8-10,12,15H,3-7H2,1-2H3. The first-order valence-corrected chi connectivity index (χ1v) is 7.09. The first kappa shape index (κ1) is 14.0. The van der Waals surface area contributed by atoms with E-state index in [-0.39, 0.29) is 17.6 Å². The van der Waals surface area contributed by atoms with Crippen molar-refractivity contribution in [1.29, 1.82) is 0 Å². The van der Waals surface area contributed by atoms with Crippen LogP contribution in [0, 0.1) is 11.7 Å². The highest BCUT2D eigenvalue weighted by molar-refractivity contribution is 5.94. The second-order valence-electron chi connectivity index (χ2n) is 5.31. The highest BCUT2D eigenvalue weighted by Crippen LogP contribution is 2.31. The van der Waals surface area contributed by atoms with Crippen LogP contribution in [-0.4, -0.2) is 11.9 Å². The van der Waals surface area contributed by atoms with Gasteiger partial charge in [-0.05, 0) is 56.7 Å². The lowest BCUT2D eigenvalue weighted by atomic mass is 9.85. The van der Waals surface area contributed by atoms with E-state index in [4.69, 9.17) is 4.74 Å².